The van der Waals surface area contributed by atoms with Crippen molar-refractivity contribution in [1.29, 1.82) is 0 Å². The Morgan fingerprint density at radius 1 is 1.33 bits per heavy atom. The van der Waals surface area contributed by atoms with E-state index in [0.717, 1.165) is 11.3 Å². The summed E-state index contributed by atoms with van der Waals surface area (Å²) in [5, 5.41) is 12.2. The second-order valence-electron chi connectivity index (χ2n) is 7.42. The topological polar surface area (TPSA) is 110 Å². The van der Waals surface area contributed by atoms with E-state index >= 15 is 0 Å². The Labute approximate surface area is 184 Å². The van der Waals surface area contributed by atoms with Gasteiger partial charge in [-0.2, -0.15) is 0 Å². The molecule has 0 atom stereocenters. The van der Waals surface area contributed by atoms with Gasteiger partial charge >= 0.3 is 0 Å². The van der Waals surface area contributed by atoms with Gasteiger partial charge in [0.15, 0.2) is 0 Å². The number of sulfonamides is 1. The first-order chi connectivity index (χ1) is 14.2. The number of aryl methyl sites for hydroxylation is 1. The number of hydrogen-bond donors (Lipinski definition) is 3. The second-order valence-corrected chi connectivity index (χ2v) is 10.3. The van der Waals surface area contributed by atoms with E-state index < -0.39 is 10.0 Å². The van der Waals surface area contributed by atoms with Gasteiger partial charge in [-0.05, 0) is 37.5 Å². The van der Waals surface area contributed by atoms with Gasteiger partial charge in [-0.15, -0.1) is 0 Å². The van der Waals surface area contributed by atoms with Crippen LogP contribution in [0.2, 0.25) is 10.0 Å². The van der Waals surface area contributed by atoms with Crippen LogP contribution in [-0.4, -0.2) is 34.9 Å². The lowest BCUT2D eigenvalue weighted by Gasteiger charge is -2.14. The molecule has 1 aromatic carbocycles. The predicted molar refractivity (Wildman–Crippen MR) is 119 cm³/mol. The van der Waals surface area contributed by atoms with Crippen LogP contribution in [0.3, 0.4) is 0 Å². The summed E-state index contributed by atoms with van der Waals surface area (Å²) in [6.07, 6.45) is 3.10. The zero-order chi connectivity index (χ0) is 21.6. The fourth-order valence-electron chi connectivity index (χ4n) is 3.65. The monoisotopic (exact) mass is 468 g/mol. The quantitative estimate of drug-likeness (QED) is 0.490. The highest BCUT2D eigenvalue weighted by Crippen LogP contribution is 2.42. The summed E-state index contributed by atoms with van der Waals surface area (Å²) >= 11 is 12.5. The number of rotatable bonds is 7. The van der Waals surface area contributed by atoms with Crippen LogP contribution in [0.5, 0.6) is 5.88 Å². The molecular formula is C20H22Cl2N4O3S. The minimum absolute atomic E-state index is 0.0150. The van der Waals surface area contributed by atoms with Crippen molar-refractivity contribution >= 4 is 44.1 Å². The van der Waals surface area contributed by atoms with Gasteiger partial charge in [0.05, 0.1) is 16.2 Å². The summed E-state index contributed by atoms with van der Waals surface area (Å²) in [5.74, 6) is -0.0150. The molecule has 4 rings (SSSR count). The van der Waals surface area contributed by atoms with Crippen molar-refractivity contribution in [3.8, 4) is 17.0 Å². The molecule has 3 aromatic rings. The number of hydrogen-bond acceptors (Lipinski definition) is 5. The Morgan fingerprint density at radius 2 is 2.07 bits per heavy atom. The molecule has 0 aliphatic heterocycles. The number of nitrogens with zero attached hydrogens (tertiary/aromatic N) is 2. The van der Waals surface area contributed by atoms with Gasteiger partial charge in [0.1, 0.15) is 0 Å². The molecule has 4 N–H and O–H groups in total. The van der Waals surface area contributed by atoms with E-state index in [0.29, 0.717) is 44.9 Å². The van der Waals surface area contributed by atoms with Gasteiger partial charge in [-0.25, -0.2) is 13.1 Å². The van der Waals surface area contributed by atoms with Crippen LogP contribution in [0, 0.1) is 6.92 Å². The number of pyridine rings is 1. The Hall–Kier alpha value is -1.84. The van der Waals surface area contributed by atoms with Crippen molar-refractivity contribution in [3.63, 3.8) is 0 Å². The molecule has 1 aliphatic rings. The van der Waals surface area contributed by atoms with Crippen LogP contribution >= 0.6 is 23.2 Å². The van der Waals surface area contributed by atoms with Crippen molar-refractivity contribution in [2.24, 2.45) is 5.73 Å². The summed E-state index contributed by atoms with van der Waals surface area (Å²) in [4.78, 5) is 4.59. The highest BCUT2D eigenvalue weighted by Gasteiger charge is 2.35. The van der Waals surface area contributed by atoms with E-state index in [1.165, 1.54) is 0 Å². The third kappa shape index (κ3) is 3.90. The van der Waals surface area contributed by atoms with Gasteiger partial charge in [-0.3, -0.25) is 4.98 Å². The Kier molecular flexibility index (Phi) is 5.71. The van der Waals surface area contributed by atoms with Crippen molar-refractivity contribution in [2.45, 2.75) is 38.1 Å². The normalized spacial score (nSPS) is 14.5. The van der Waals surface area contributed by atoms with E-state index in [9.17, 15) is 13.5 Å². The Morgan fingerprint density at radius 3 is 2.70 bits per heavy atom. The number of nitrogens with two attached hydrogens (primary N) is 1. The van der Waals surface area contributed by atoms with Gasteiger partial charge in [0.2, 0.25) is 15.9 Å². The molecular weight excluding hydrogens is 447 g/mol. The largest absolute Gasteiger partial charge is 0.494 e. The maximum atomic E-state index is 12.0. The summed E-state index contributed by atoms with van der Waals surface area (Å²) in [7, 11) is -3.29. The third-order valence-corrected chi connectivity index (χ3v) is 7.83. The molecule has 1 aliphatic carbocycles. The van der Waals surface area contributed by atoms with Crippen molar-refractivity contribution in [1.82, 2.24) is 14.3 Å². The number of aromatic nitrogens is 2. The van der Waals surface area contributed by atoms with Crippen molar-refractivity contribution in [2.75, 3.05) is 6.54 Å². The molecule has 0 amide bonds. The highest BCUT2D eigenvalue weighted by molar-refractivity contribution is 7.90. The molecule has 1 saturated carbocycles. The van der Waals surface area contributed by atoms with Crippen LogP contribution in [0.15, 0.2) is 24.4 Å². The number of fused-ring (bicyclic) bond motifs is 1. The van der Waals surface area contributed by atoms with Crippen LogP contribution in [0.25, 0.3) is 22.0 Å². The zero-order valence-electron chi connectivity index (χ0n) is 16.3. The lowest BCUT2D eigenvalue weighted by Crippen LogP contribution is -2.30. The maximum absolute atomic E-state index is 12.0. The molecule has 10 heteroatoms. The first kappa shape index (κ1) is 21.4. The molecule has 0 spiro atoms. The minimum atomic E-state index is -3.29. The number of halogens is 2. The van der Waals surface area contributed by atoms with Crippen LogP contribution in [0.1, 0.15) is 24.1 Å². The lowest BCUT2D eigenvalue weighted by molar-refractivity contribution is 0.422. The minimum Gasteiger partial charge on any atom is -0.494 e. The number of benzene rings is 1. The predicted octanol–water partition coefficient (Wildman–Crippen LogP) is 3.56. The fourth-order valence-corrected chi connectivity index (χ4v) is 5.52. The molecule has 1 fully saturated rings. The molecule has 160 valence electrons. The molecule has 0 bridgehead atoms. The van der Waals surface area contributed by atoms with Crippen LogP contribution in [-0.2, 0) is 23.1 Å². The van der Waals surface area contributed by atoms with Gasteiger partial charge in [-0.1, -0.05) is 29.3 Å². The summed E-state index contributed by atoms with van der Waals surface area (Å²) in [5.41, 5.74) is 9.49. The average molecular weight is 469 g/mol. The number of aromatic hydroxyl groups is 1. The molecule has 0 radical (unpaired) electrons. The molecule has 0 unspecified atom stereocenters. The third-order valence-electron chi connectivity index (χ3n) is 5.33. The van der Waals surface area contributed by atoms with Gasteiger partial charge in [0, 0.05) is 52.7 Å². The van der Waals surface area contributed by atoms with Crippen molar-refractivity contribution < 1.29 is 13.5 Å². The molecule has 0 saturated heterocycles. The average Bonchev–Trinajstić information content (AvgIpc) is 3.48. The molecule has 7 nitrogen and oxygen atoms in total. The van der Waals surface area contributed by atoms with Crippen LogP contribution in [0.4, 0.5) is 0 Å². The first-order valence-corrected chi connectivity index (χ1v) is 11.9. The van der Waals surface area contributed by atoms with Crippen molar-refractivity contribution in [3.05, 3.63) is 45.7 Å². The maximum Gasteiger partial charge on any atom is 0.214 e. The van der Waals surface area contributed by atoms with E-state index in [4.69, 9.17) is 28.9 Å². The summed E-state index contributed by atoms with van der Waals surface area (Å²) < 4.78 is 28.3. The standard InChI is InChI=1S/C20H22Cl2N4O3S/c1-11-15(9-23)18(14-5-2-12(21)8-16(14)22)19-17(25-11)10-26(20(19)27)7-6-24-30(28,29)13-3-4-13/h2,5,8,10,13,24,27H,3-4,6-7,9,23H2,1H3. The molecule has 30 heavy (non-hydrogen) atoms. The molecule has 2 aromatic heterocycles. The Balaban J connectivity index is 1.78. The summed E-state index contributed by atoms with van der Waals surface area (Å²) in [6, 6.07) is 5.16. The van der Waals surface area contributed by atoms with E-state index in [2.05, 4.69) is 9.71 Å². The fraction of sp³-hybridized carbons (Fsp3) is 0.350. The zero-order valence-corrected chi connectivity index (χ0v) is 18.7. The SMILES string of the molecule is Cc1nc2cn(CCNS(=O)(=O)C3CC3)c(O)c2c(-c2ccc(Cl)cc2Cl)c1CN. The molecule has 2 heterocycles. The second kappa shape index (κ2) is 8.01. The van der Waals surface area contributed by atoms with E-state index in [1.54, 1.807) is 29.0 Å². The number of nitrogens with one attached hydrogen (secondary N) is 1. The lowest BCUT2D eigenvalue weighted by atomic mass is 9.95. The summed E-state index contributed by atoms with van der Waals surface area (Å²) in [6.45, 7) is 2.51. The van der Waals surface area contributed by atoms with Gasteiger partial charge in [0.25, 0.3) is 0 Å². The van der Waals surface area contributed by atoms with E-state index in [-0.39, 0.29) is 30.8 Å². The smallest absolute Gasteiger partial charge is 0.214 e. The van der Waals surface area contributed by atoms with Gasteiger partial charge < -0.3 is 15.4 Å². The van der Waals surface area contributed by atoms with Crippen LogP contribution < -0.4 is 10.5 Å². The Bertz CT molecular complexity index is 1240. The first-order valence-electron chi connectivity index (χ1n) is 9.58. The van der Waals surface area contributed by atoms with E-state index in [1.807, 2.05) is 6.92 Å². The highest BCUT2D eigenvalue weighted by atomic mass is 35.5.